The van der Waals surface area contributed by atoms with Crippen molar-refractivity contribution >= 4 is 40.4 Å². The first-order valence-corrected chi connectivity index (χ1v) is 10.9. The first-order chi connectivity index (χ1) is 14.7. The summed E-state index contributed by atoms with van der Waals surface area (Å²) in [5.41, 5.74) is 3.08. The zero-order valence-corrected chi connectivity index (χ0v) is 17.5. The Morgan fingerprint density at radius 3 is 2.53 bits per heavy atom. The molecule has 1 unspecified atom stereocenters. The minimum atomic E-state index is -0.298. The molecule has 1 fully saturated rings. The van der Waals surface area contributed by atoms with Crippen LogP contribution in [0.2, 0.25) is 5.02 Å². The van der Waals surface area contributed by atoms with E-state index < -0.39 is 0 Å². The number of amides is 1. The predicted molar refractivity (Wildman–Crippen MR) is 121 cm³/mol. The molecule has 0 radical (unpaired) electrons. The predicted octanol–water partition coefficient (Wildman–Crippen LogP) is 6.01. The number of halogens is 1. The van der Waals surface area contributed by atoms with Crippen molar-refractivity contribution in [1.82, 2.24) is 4.98 Å². The van der Waals surface area contributed by atoms with Crippen LogP contribution in [0.3, 0.4) is 0 Å². The lowest BCUT2D eigenvalue weighted by molar-refractivity contribution is -0.124. The van der Waals surface area contributed by atoms with E-state index in [1.807, 2.05) is 18.3 Å². The number of nitrogens with zero attached hydrogens (tertiary/aromatic N) is 1. The van der Waals surface area contributed by atoms with Crippen LogP contribution in [0.1, 0.15) is 43.6 Å². The number of aldehydes is 1. The minimum Gasteiger partial charge on any atom is -0.326 e. The fraction of sp³-hybridized carbons (Fsp3) is 0.320. The van der Waals surface area contributed by atoms with Gasteiger partial charge in [0.1, 0.15) is 6.29 Å². The van der Waals surface area contributed by atoms with Gasteiger partial charge in [-0.2, -0.15) is 0 Å². The molecule has 1 saturated carbocycles. The molecule has 0 bridgehead atoms. The lowest BCUT2D eigenvalue weighted by atomic mass is 9.72. The number of pyridine rings is 1. The van der Waals surface area contributed by atoms with Crippen LogP contribution in [-0.2, 0) is 9.59 Å². The number of carbonyl (C=O) groups excluding carboxylic acids is 2. The Bertz CT molecular complexity index is 1020. The number of nitrogens with one attached hydrogen (secondary N) is 1. The molecule has 4 nitrogen and oxygen atoms in total. The van der Waals surface area contributed by atoms with Gasteiger partial charge in [-0.3, -0.25) is 9.78 Å². The lowest BCUT2D eigenvalue weighted by Crippen LogP contribution is -2.32. The fourth-order valence-electron chi connectivity index (χ4n) is 4.69. The molecule has 1 amide bonds. The van der Waals surface area contributed by atoms with E-state index in [-0.39, 0.29) is 24.2 Å². The molecule has 1 N–H and O–H groups in total. The van der Waals surface area contributed by atoms with Gasteiger partial charge < -0.3 is 10.1 Å². The quantitative estimate of drug-likeness (QED) is 0.497. The largest absolute Gasteiger partial charge is 0.326 e. The van der Waals surface area contributed by atoms with Crippen LogP contribution < -0.4 is 5.32 Å². The number of hydrogen-bond acceptors (Lipinski definition) is 3. The van der Waals surface area contributed by atoms with Crippen molar-refractivity contribution in [3.05, 3.63) is 71.4 Å². The summed E-state index contributed by atoms with van der Waals surface area (Å²) in [5, 5.41) is 4.79. The highest BCUT2D eigenvalue weighted by atomic mass is 35.5. The van der Waals surface area contributed by atoms with Gasteiger partial charge in [-0.15, -0.1) is 0 Å². The minimum absolute atomic E-state index is 0.0813. The van der Waals surface area contributed by atoms with E-state index in [2.05, 4.69) is 28.5 Å². The summed E-state index contributed by atoms with van der Waals surface area (Å²) in [5.74, 6) is 0.299. The molecule has 1 heterocycles. The average Bonchev–Trinajstić information content (AvgIpc) is 2.79. The van der Waals surface area contributed by atoms with Gasteiger partial charge in [0.25, 0.3) is 0 Å². The molecule has 3 aromatic rings. The molecule has 154 valence electrons. The average molecular weight is 421 g/mol. The van der Waals surface area contributed by atoms with Crippen molar-refractivity contribution in [1.29, 1.82) is 0 Å². The zero-order valence-electron chi connectivity index (χ0n) is 16.8. The Labute approximate surface area is 181 Å². The highest BCUT2D eigenvalue weighted by molar-refractivity contribution is 6.30. The molecular weight excluding hydrogens is 396 g/mol. The smallest absolute Gasteiger partial charge is 0.228 e. The second-order valence-corrected chi connectivity index (χ2v) is 8.47. The van der Waals surface area contributed by atoms with Crippen molar-refractivity contribution in [2.45, 2.75) is 38.0 Å². The molecule has 5 heteroatoms. The maximum absolute atomic E-state index is 12.9. The number of fused-ring (bicyclic) bond motifs is 1. The van der Waals surface area contributed by atoms with E-state index in [9.17, 15) is 9.59 Å². The molecule has 1 aliphatic rings. The number of benzene rings is 2. The van der Waals surface area contributed by atoms with Gasteiger partial charge in [-0.1, -0.05) is 29.8 Å². The standard InChI is InChI=1S/C25H25ClN2O2/c26-19-9-11-20(12-10-19)28-25(30)22(14-16-29)18-7-5-17(6-8-18)21-13-15-27-24-4-2-1-3-23(21)24/h1-4,9-13,15-18,22H,5-8,14H2,(H,28,30)/t17-,18+,22?. The summed E-state index contributed by atoms with van der Waals surface area (Å²) in [4.78, 5) is 28.7. The van der Waals surface area contributed by atoms with Crippen molar-refractivity contribution in [3.63, 3.8) is 0 Å². The summed E-state index contributed by atoms with van der Waals surface area (Å²) >= 11 is 5.92. The molecule has 1 atom stereocenters. The molecule has 1 aromatic heterocycles. The van der Waals surface area contributed by atoms with Gasteiger partial charge in [-0.05, 0) is 79.5 Å². The van der Waals surface area contributed by atoms with Gasteiger partial charge in [-0.25, -0.2) is 0 Å². The number of aromatic nitrogens is 1. The van der Waals surface area contributed by atoms with Crippen LogP contribution in [0, 0.1) is 11.8 Å². The highest BCUT2D eigenvalue weighted by Gasteiger charge is 2.32. The van der Waals surface area contributed by atoms with Crippen LogP contribution in [0.5, 0.6) is 0 Å². The van der Waals surface area contributed by atoms with Gasteiger partial charge in [0.05, 0.1) is 5.52 Å². The van der Waals surface area contributed by atoms with Crippen LogP contribution in [-0.4, -0.2) is 17.2 Å². The Morgan fingerprint density at radius 1 is 1.07 bits per heavy atom. The maximum atomic E-state index is 12.9. The van der Waals surface area contributed by atoms with E-state index >= 15 is 0 Å². The van der Waals surface area contributed by atoms with Crippen LogP contribution in [0.4, 0.5) is 5.69 Å². The lowest BCUT2D eigenvalue weighted by Gasteiger charge is -2.33. The number of anilines is 1. The van der Waals surface area contributed by atoms with Crippen LogP contribution >= 0.6 is 11.6 Å². The molecule has 30 heavy (non-hydrogen) atoms. The molecule has 0 saturated heterocycles. The topological polar surface area (TPSA) is 59.1 Å². The number of rotatable bonds is 6. The normalized spacial score (nSPS) is 19.9. The Hall–Kier alpha value is -2.72. The van der Waals surface area contributed by atoms with Gasteiger partial charge in [0.15, 0.2) is 0 Å². The summed E-state index contributed by atoms with van der Waals surface area (Å²) in [7, 11) is 0. The van der Waals surface area contributed by atoms with E-state index in [4.69, 9.17) is 11.6 Å². The number of hydrogen-bond donors (Lipinski definition) is 1. The second-order valence-electron chi connectivity index (χ2n) is 8.03. The van der Waals surface area contributed by atoms with Crippen molar-refractivity contribution in [3.8, 4) is 0 Å². The number of para-hydroxylation sites is 1. The maximum Gasteiger partial charge on any atom is 0.228 e. The van der Waals surface area contributed by atoms with E-state index in [1.54, 1.807) is 24.3 Å². The highest BCUT2D eigenvalue weighted by Crippen LogP contribution is 2.41. The first-order valence-electron chi connectivity index (χ1n) is 10.5. The van der Waals surface area contributed by atoms with Gasteiger partial charge in [0, 0.05) is 34.6 Å². The Kier molecular flexibility index (Phi) is 6.44. The molecule has 2 aromatic carbocycles. The van der Waals surface area contributed by atoms with Crippen molar-refractivity contribution in [2.24, 2.45) is 11.8 Å². The van der Waals surface area contributed by atoms with E-state index in [0.717, 1.165) is 37.5 Å². The van der Waals surface area contributed by atoms with E-state index in [0.29, 0.717) is 16.6 Å². The molecule has 0 spiro atoms. The Morgan fingerprint density at radius 2 is 1.80 bits per heavy atom. The first kappa shape index (κ1) is 20.5. The second kappa shape index (κ2) is 9.40. The third kappa shape index (κ3) is 4.54. The molecule has 0 aliphatic heterocycles. The van der Waals surface area contributed by atoms with E-state index in [1.165, 1.54) is 10.9 Å². The van der Waals surface area contributed by atoms with Gasteiger partial charge in [0.2, 0.25) is 5.91 Å². The summed E-state index contributed by atoms with van der Waals surface area (Å²) in [6, 6.07) is 17.4. The fourth-order valence-corrected chi connectivity index (χ4v) is 4.82. The van der Waals surface area contributed by atoms with Gasteiger partial charge >= 0.3 is 0 Å². The number of carbonyl (C=O) groups is 2. The monoisotopic (exact) mass is 420 g/mol. The molecule has 1 aliphatic carbocycles. The summed E-state index contributed by atoms with van der Waals surface area (Å²) < 4.78 is 0. The van der Waals surface area contributed by atoms with Crippen molar-refractivity contribution in [2.75, 3.05) is 5.32 Å². The van der Waals surface area contributed by atoms with Crippen molar-refractivity contribution < 1.29 is 9.59 Å². The Balaban J connectivity index is 1.44. The van der Waals surface area contributed by atoms with Crippen LogP contribution in [0.25, 0.3) is 10.9 Å². The SMILES string of the molecule is O=CCC(C(=O)Nc1ccc(Cl)cc1)[C@H]1CC[C@@H](c2ccnc3ccccc32)CC1. The third-order valence-electron chi connectivity index (χ3n) is 6.26. The summed E-state index contributed by atoms with van der Waals surface area (Å²) in [6.07, 6.45) is 6.92. The molecule has 4 rings (SSSR count). The summed E-state index contributed by atoms with van der Waals surface area (Å²) in [6.45, 7) is 0. The van der Waals surface area contributed by atoms with Crippen LogP contribution in [0.15, 0.2) is 60.8 Å². The zero-order chi connectivity index (χ0) is 20.9. The third-order valence-corrected chi connectivity index (χ3v) is 6.51. The molecular formula is C25H25ClN2O2.